The maximum absolute atomic E-state index is 12.3. The van der Waals surface area contributed by atoms with E-state index in [1.165, 1.54) is 11.8 Å². The fourth-order valence-electron chi connectivity index (χ4n) is 3.90. The third kappa shape index (κ3) is 6.60. The smallest absolute Gasteiger partial charge is 0.303 e. The predicted octanol–water partition coefficient (Wildman–Crippen LogP) is 3.91. The average Bonchev–Trinajstić information content (AvgIpc) is 3.41. The molecule has 3 aromatic rings. The van der Waals surface area contributed by atoms with E-state index in [0.29, 0.717) is 24.6 Å². The average molecular weight is 506 g/mol. The minimum Gasteiger partial charge on any atom is -0.481 e. The van der Waals surface area contributed by atoms with Crippen molar-refractivity contribution >= 4 is 51.8 Å². The third-order valence-corrected chi connectivity index (χ3v) is 6.75. The van der Waals surface area contributed by atoms with E-state index in [1.807, 2.05) is 54.6 Å². The van der Waals surface area contributed by atoms with Gasteiger partial charge < -0.3 is 20.7 Å². The molecule has 1 aliphatic rings. The van der Waals surface area contributed by atoms with Crippen LogP contribution in [0.25, 0.3) is 22.2 Å². The summed E-state index contributed by atoms with van der Waals surface area (Å²) in [6.07, 6.45) is 3.84. The first-order chi connectivity index (χ1) is 17.5. The summed E-state index contributed by atoms with van der Waals surface area (Å²) in [4.78, 5) is 38.4. The largest absolute Gasteiger partial charge is 0.481 e. The van der Waals surface area contributed by atoms with E-state index in [1.54, 1.807) is 6.21 Å². The number of nitrogens with zero attached hydrogens (tertiary/aromatic N) is 2. The zero-order valence-corrected chi connectivity index (χ0v) is 20.4. The summed E-state index contributed by atoms with van der Waals surface area (Å²) < 4.78 is 0. The van der Waals surface area contributed by atoms with Gasteiger partial charge >= 0.3 is 5.97 Å². The molecule has 0 bridgehead atoms. The van der Waals surface area contributed by atoms with Crippen LogP contribution in [0.4, 0.5) is 0 Å². The van der Waals surface area contributed by atoms with E-state index in [-0.39, 0.29) is 24.7 Å². The molecule has 1 aliphatic heterocycles. The van der Waals surface area contributed by atoms with Crippen LogP contribution in [0, 0.1) is 0 Å². The molecule has 4 N–H and O–H groups in total. The molecule has 1 atom stereocenters. The second kappa shape index (κ2) is 12.2. The van der Waals surface area contributed by atoms with E-state index in [4.69, 9.17) is 5.11 Å². The first-order valence-corrected chi connectivity index (χ1v) is 12.6. The Hall–Kier alpha value is -3.92. The highest BCUT2D eigenvalue weighted by Gasteiger charge is 2.32. The number of thioether (sulfide) groups is 1. The number of unbranched alkanes of at least 4 members (excludes halogenated alkanes) is 2. The Balaban J connectivity index is 1.35. The number of amidine groups is 1. The Morgan fingerprint density at radius 2 is 1.83 bits per heavy atom. The Morgan fingerprint density at radius 3 is 2.64 bits per heavy atom. The number of para-hydroxylation sites is 1. The van der Waals surface area contributed by atoms with E-state index < -0.39 is 11.2 Å². The summed E-state index contributed by atoms with van der Waals surface area (Å²) in [5.41, 5.74) is 3.84. The molecule has 1 aromatic heterocycles. The number of fused-ring (bicyclic) bond motifs is 1. The van der Waals surface area contributed by atoms with Gasteiger partial charge in [-0.25, -0.2) is 0 Å². The van der Waals surface area contributed by atoms with Crippen LogP contribution in [0.2, 0.25) is 0 Å². The molecule has 0 unspecified atom stereocenters. The lowest BCUT2D eigenvalue weighted by atomic mass is 10.1. The van der Waals surface area contributed by atoms with E-state index >= 15 is 0 Å². The molecule has 0 aliphatic carbocycles. The van der Waals surface area contributed by atoms with Crippen molar-refractivity contribution in [2.45, 2.75) is 37.4 Å². The molecular weight excluding hydrogens is 478 g/mol. The van der Waals surface area contributed by atoms with Crippen molar-refractivity contribution in [3.63, 3.8) is 0 Å². The van der Waals surface area contributed by atoms with Crippen LogP contribution in [0.3, 0.4) is 0 Å². The minimum absolute atomic E-state index is 0.0367. The Kier molecular flexibility index (Phi) is 8.51. The molecule has 36 heavy (non-hydrogen) atoms. The minimum atomic E-state index is -0.816. The summed E-state index contributed by atoms with van der Waals surface area (Å²) in [5, 5.41) is 23.3. The van der Waals surface area contributed by atoms with Gasteiger partial charge in [-0.2, -0.15) is 5.10 Å². The van der Waals surface area contributed by atoms with Crippen LogP contribution < -0.4 is 10.6 Å². The SMILES string of the molecule is O=C(O)CCCCCNC(=O)C[C@H]1S/C(=N\N=C/c2c(-c3ccccc3)[nH]c3ccccc23)NC1=O. The quantitative estimate of drug-likeness (QED) is 0.178. The molecule has 9 nitrogen and oxygen atoms in total. The molecule has 0 spiro atoms. The maximum atomic E-state index is 12.3. The second-order valence-corrected chi connectivity index (χ2v) is 9.52. The summed E-state index contributed by atoms with van der Waals surface area (Å²) >= 11 is 1.18. The first kappa shape index (κ1) is 25.2. The normalized spacial score (nSPS) is 16.6. The Bertz CT molecular complexity index is 1300. The number of aliphatic carboxylic acids is 1. The van der Waals surface area contributed by atoms with Crippen LogP contribution in [0.5, 0.6) is 0 Å². The number of rotatable bonds is 11. The summed E-state index contributed by atoms with van der Waals surface area (Å²) in [5.74, 6) is -1.32. The molecule has 2 amide bonds. The van der Waals surface area contributed by atoms with Gasteiger partial charge in [-0.05, 0) is 24.5 Å². The summed E-state index contributed by atoms with van der Waals surface area (Å²) in [7, 11) is 0. The van der Waals surface area contributed by atoms with Crippen LogP contribution >= 0.6 is 11.8 Å². The van der Waals surface area contributed by atoms with Crippen molar-refractivity contribution in [2.75, 3.05) is 6.54 Å². The maximum Gasteiger partial charge on any atom is 0.303 e. The van der Waals surface area contributed by atoms with Gasteiger partial charge in [0.05, 0.1) is 11.9 Å². The lowest BCUT2D eigenvalue weighted by Crippen LogP contribution is -2.31. The van der Waals surface area contributed by atoms with Gasteiger partial charge in [0.25, 0.3) is 0 Å². The lowest BCUT2D eigenvalue weighted by Gasteiger charge is -2.07. The Labute approximate surface area is 212 Å². The highest BCUT2D eigenvalue weighted by Crippen LogP contribution is 2.29. The van der Waals surface area contributed by atoms with E-state index in [9.17, 15) is 14.4 Å². The van der Waals surface area contributed by atoms with Crippen molar-refractivity contribution in [1.29, 1.82) is 0 Å². The van der Waals surface area contributed by atoms with Crippen LogP contribution in [-0.2, 0) is 14.4 Å². The van der Waals surface area contributed by atoms with Crippen molar-refractivity contribution in [1.82, 2.24) is 15.6 Å². The number of aromatic amines is 1. The predicted molar refractivity (Wildman–Crippen MR) is 142 cm³/mol. The molecular formula is C26H27N5O4S. The molecule has 0 radical (unpaired) electrons. The van der Waals surface area contributed by atoms with Gasteiger partial charge in [-0.3, -0.25) is 14.4 Å². The monoisotopic (exact) mass is 505 g/mol. The topological polar surface area (TPSA) is 136 Å². The molecule has 0 saturated carbocycles. The second-order valence-electron chi connectivity index (χ2n) is 8.33. The molecule has 2 heterocycles. The van der Waals surface area contributed by atoms with Crippen LogP contribution in [-0.4, -0.2) is 51.1 Å². The zero-order valence-electron chi connectivity index (χ0n) is 19.6. The molecule has 4 rings (SSSR count). The van der Waals surface area contributed by atoms with E-state index in [0.717, 1.165) is 34.1 Å². The van der Waals surface area contributed by atoms with Gasteiger partial charge in [0.15, 0.2) is 5.17 Å². The Morgan fingerprint density at radius 1 is 1.06 bits per heavy atom. The third-order valence-electron chi connectivity index (χ3n) is 5.68. The van der Waals surface area contributed by atoms with Gasteiger partial charge in [0.1, 0.15) is 5.25 Å². The van der Waals surface area contributed by atoms with Gasteiger partial charge in [-0.15, -0.1) is 5.10 Å². The van der Waals surface area contributed by atoms with Crippen molar-refractivity contribution < 1.29 is 19.5 Å². The van der Waals surface area contributed by atoms with Crippen LogP contribution in [0.1, 0.15) is 37.7 Å². The molecule has 2 aromatic carbocycles. The standard InChI is InChI=1S/C26H27N5O4S/c32-22(27-14-8-2-5-13-23(33)34)15-21-25(35)30-26(36-21)31-28-16-19-18-11-6-7-12-20(18)29-24(19)17-9-3-1-4-10-17/h1,3-4,6-7,9-12,16,21,29H,2,5,8,13-15H2,(H,27,32)(H,33,34)(H,30,31,35)/b28-16-/t21-/m1/s1. The number of H-pyrrole nitrogens is 1. The van der Waals surface area contributed by atoms with Gasteiger partial charge in [-0.1, -0.05) is 66.7 Å². The van der Waals surface area contributed by atoms with E-state index in [2.05, 4.69) is 25.8 Å². The van der Waals surface area contributed by atoms with Crippen molar-refractivity contribution in [2.24, 2.45) is 10.2 Å². The number of carbonyl (C=O) groups is 3. The molecule has 10 heteroatoms. The fourth-order valence-corrected chi connectivity index (χ4v) is 4.83. The summed E-state index contributed by atoms with van der Waals surface area (Å²) in [6, 6.07) is 17.9. The molecule has 186 valence electrons. The highest BCUT2D eigenvalue weighted by molar-refractivity contribution is 8.15. The number of hydrogen-bond acceptors (Lipinski definition) is 6. The van der Waals surface area contributed by atoms with Crippen molar-refractivity contribution in [3.05, 3.63) is 60.2 Å². The highest BCUT2D eigenvalue weighted by atomic mass is 32.2. The zero-order chi connectivity index (χ0) is 25.3. The molecule has 1 saturated heterocycles. The number of nitrogens with one attached hydrogen (secondary N) is 3. The summed E-state index contributed by atoms with van der Waals surface area (Å²) in [6.45, 7) is 0.455. The fraction of sp³-hybridized carbons (Fsp3) is 0.269. The first-order valence-electron chi connectivity index (χ1n) is 11.7. The number of carbonyl (C=O) groups excluding carboxylic acids is 2. The molecule has 1 fully saturated rings. The number of aromatic nitrogens is 1. The van der Waals surface area contributed by atoms with Crippen LogP contribution in [0.15, 0.2) is 64.8 Å². The van der Waals surface area contributed by atoms with Gasteiger partial charge in [0, 0.05) is 35.9 Å². The lowest BCUT2D eigenvalue weighted by molar-refractivity contribution is -0.137. The van der Waals surface area contributed by atoms with Crippen molar-refractivity contribution in [3.8, 4) is 11.3 Å². The number of benzene rings is 2. The number of hydrogen-bond donors (Lipinski definition) is 4. The number of carboxylic acids is 1. The van der Waals surface area contributed by atoms with Gasteiger partial charge in [0.2, 0.25) is 11.8 Å². The number of amides is 2. The number of carboxylic acid groups (broad SMARTS) is 1.